The molecule has 2 aliphatic rings. The van der Waals surface area contributed by atoms with E-state index in [4.69, 9.17) is 9.26 Å². The molecule has 29 heavy (non-hydrogen) atoms. The molecule has 3 aromatic rings. The van der Waals surface area contributed by atoms with Gasteiger partial charge in [0.05, 0.1) is 12.9 Å². The Morgan fingerprint density at radius 2 is 1.90 bits per heavy atom. The molecule has 8 nitrogen and oxygen atoms in total. The van der Waals surface area contributed by atoms with Gasteiger partial charge >= 0.3 is 0 Å². The van der Waals surface area contributed by atoms with Gasteiger partial charge in [0.25, 0.3) is 0 Å². The molecule has 152 valence electrons. The monoisotopic (exact) mass is 412 g/mol. The summed E-state index contributed by atoms with van der Waals surface area (Å²) in [6.07, 6.45) is 6.18. The van der Waals surface area contributed by atoms with Crippen LogP contribution in [0.3, 0.4) is 0 Å². The minimum absolute atomic E-state index is 0.530. The van der Waals surface area contributed by atoms with Crippen molar-refractivity contribution in [2.45, 2.75) is 49.1 Å². The summed E-state index contributed by atoms with van der Waals surface area (Å²) in [5.74, 6) is 3.58. The number of aromatic nitrogens is 5. The third-order valence-electron chi connectivity index (χ3n) is 5.34. The fourth-order valence-corrected chi connectivity index (χ4v) is 4.46. The lowest BCUT2D eigenvalue weighted by Crippen LogP contribution is -2.31. The number of ether oxygens (including phenoxy) is 1. The molecule has 0 unspecified atom stereocenters. The van der Waals surface area contributed by atoms with E-state index < -0.39 is 0 Å². The van der Waals surface area contributed by atoms with Crippen molar-refractivity contribution in [1.82, 2.24) is 24.9 Å². The number of piperidine rings is 1. The highest BCUT2D eigenvalue weighted by Crippen LogP contribution is 2.41. The van der Waals surface area contributed by atoms with Gasteiger partial charge in [-0.3, -0.25) is 4.57 Å². The second-order valence-electron chi connectivity index (χ2n) is 7.46. The topological polar surface area (TPSA) is 82.1 Å². The summed E-state index contributed by atoms with van der Waals surface area (Å²) in [5.41, 5.74) is 0.902. The summed E-state index contributed by atoms with van der Waals surface area (Å²) in [4.78, 5) is 6.91. The summed E-state index contributed by atoms with van der Waals surface area (Å²) >= 11 is 1.61. The standard InChI is InChI=1S/C20H24N6O2S/c1-27-16-9-5-14(6-10-16)18-21-17(28-24-18)13-29-20-23-22-19(26(20)15-7-8-15)25-11-3-2-4-12-25/h5-6,9-10,15H,2-4,7-8,11-13H2,1H3. The van der Waals surface area contributed by atoms with E-state index in [-0.39, 0.29) is 0 Å². The van der Waals surface area contributed by atoms with Gasteiger partial charge in [-0.15, -0.1) is 10.2 Å². The minimum atomic E-state index is 0.530. The smallest absolute Gasteiger partial charge is 0.237 e. The van der Waals surface area contributed by atoms with Crippen molar-refractivity contribution in [1.29, 1.82) is 0 Å². The Hall–Kier alpha value is -2.55. The maximum atomic E-state index is 5.46. The van der Waals surface area contributed by atoms with E-state index in [2.05, 4.69) is 29.8 Å². The predicted octanol–water partition coefficient (Wildman–Crippen LogP) is 3.95. The maximum absolute atomic E-state index is 5.46. The number of hydrogen-bond donors (Lipinski definition) is 0. The molecule has 0 bridgehead atoms. The average molecular weight is 413 g/mol. The molecule has 5 rings (SSSR count). The Labute approximate surface area is 173 Å². The molecular formula is C20H24N6O2S. The van der Waals surface area contributed by atoms with Crippen LogP contribution in [-0.4, -0.2) is 45.1 Å². The van der Waals surface area contributed by atoms with Crippen molar-refractivity contribution < 1.29 is 9.26 Å². The maximum Gasteiger partial charge on any atom is 0.237 e. The fraction of sp³-hybridized carbons (Fsp3) is 0.500. The second kappa shape index (κ2) is 8.06. The molecular weight excluding hydrogens is 388 g/mol. The number of rotatable bonds is 7. The Balaban J connectivity index is 1.29. The van der Waals surface area contributed by atoms with Crippen LogP contribution in [0, 0.1) is 0 Å². The van der Waals surface area contributed by atoms with Crippen LogP contribution in [0.4, 0.5) is 5.95 Å². The molecule has 1 aliphatic heterocycles. The number of thioether (sulfide) groups is 1. The zero-order valence-corrected chi connectivity index (χ0v) is 17.3. The van der Waals surface area contributed by atoms with E-state index in [1.807, 2.05) is 24.3 Å². The van der Waals surface area contributed by atoms with Gasteiger partial charge < -0.3 is 14.2 Å². The summed E-state index contributed by atoms with van der Waals surface area (Å²) < 4.78 is 13.0. The number of nitrogens with zero attached hydrogens (tertiary/aromatic N) is 6. The lowest BCUT2D eigenvalue weighted by atomic mass is 10.1. The Morgan fingerprint density at radius 1 is 1.10 bits per heavy atom. The summed E-state index contributed by atoms with van der Waals surface area (Å²) in [7, 11) is 1.65. The fourth-order valence-electron chi connectivity index (χ4n) is 3.63. The van der Waals surface area contributed by atoms with Gasteiger partial charge in [0, 0.05) is 24.7 Å². The van der Waals surface area contributed by atoms with E-state index >= 15 is 0 Å². The van der Waals surface area contributed by atoms with Crippen molar-refractivity contribution in [3.63, 3.8) is 0 Å². The van der Waals surface area contributed by atoms with Crippen molar-refractivity contribution in [2.24, 2.45) is 0 Å². The van der Waals surface area contributed by atoms with Crippen LogP contribution >= 0.6 is 11.8 Å². The van der Waals surface area contributed by atoms with Crippen molar-refractivity contribution in [2.75, 3.05) is 25.1 Å². The zero-order chi connectivity index (χ0) is 19.6. The average Bonchev–Trinajstić information content (AvgIpc) is 3.35. The minimum Gasteiger partial charge on any atom is -0.497 e. The van der Waals surface area contributed by atoms with Crippen molar-refractivity contribution in [3.05, 3.63) is 30.2 Å². The molecule has 0 spiro atoms. The lowest BCUT2D eigenvalue weighted by Gasteiger charge is -2.27. The van der Waals surface area contributed by atoms with Gasteiger partial charge in [-0.05, 0) is 56.4 Å². The van der Waals surface area contributed by atoms with Crippen LogP contribution in [0.15, 0.2) is 33.9 Å². The Bertz CT molecular complexity index is 960. The Kier molecular flexibility index (Phi) is 5.13. The molecule has 9 heteroatoms. The number of methoxy groups -OCH3 is 1. The van der Waals surface area contributed by atoms with Gasteiger partial charge in [-0.2, -0.15) is 4.98 Å². The predicted molar refractivity (Wildman–Crippen MR) is 110 cm³/mol. The van der Waals surface area contributed by atoms with Crippen molar-refractivity contribution >= 4 is 17.7 Å². The highest BCUT2D eigenvalue weighted by atomic mass is 32.2. The Morgan fingerprint density at radius 3 is 2.62 bits per heavy atom. The molecule has 2 fully saturated rings. The van der Waals surface area contributed by atoms with Gasteiger partial charge in [-0.1, -0.05) is 16.9 Å². The van der Waals surface area contributed by atoms with Crippen LogP contribution in [0.5, 0.6) is 5.75 Å². The third-order valence-corrected chi connectivity index (χ3v) is 6.27. The van der Waals surface area contributed by atoms with E-state index in [0.29, 0.717) is 23.5 Å². The van der Waals surface area contributed by atoms with Gasteiger partial charge in [0.15, 0.2) is 5.16 Å². The van der Waals surface area contributed by atoms with Gasteiger partial charge in [0.1, 0.15) is 5.75 Å². The zero-order valence-electron chi connectivity index (χ0n) is 16.5. The van der Waals surface area contributed by atoms with Crippen LogP contribution in [0.2, 0.25) is 0 Å². The van der Waals surface area contributed by atoms with Crippen molar-refractivity contribution in [3.8, 4) is 17.1 Å². The number of benzene rings is 1. The molecule has 2 aromatic heterocycles. The molecule has 1 aliphatic carbocycles. The summed E-state index contributed by atoms with van der Waals surface area (Å²) in [6.45, 7) is 2.15. The van der Waals surface area contributed by atoms with Gasteiger partial charge in [-0.25, -0.2) is 0 Å². The molecule has 3 heterocycles. The first-order valence-electron chi connectivity index (χ1n) is 10.1. The molecule has 0 radical (unpaired) electrons. The number of anilines is 1. The number of hydrogen-bond acceptors (Lipinski definition) is 8. The normalized spacial score (nSPS) is 16.9. The van der Waals surface area contributed by atoms with Crippen LogP contribution in [0.1, 0.15) is 44.0 Å². The van der Waals surface area contributed by atoms with Crippen LogP contribution in [-0.2, 0) is 5.75 Å². The first-order valence-corrected chi connectivity index (χ1v) is 11.1. The van der Waals surface area contributed by atoms with E-state index in [0.717, 1.165) is 35.5 Å². The van der Waals surface area contributed by atoms with E-state index in [1.165, 1.54) is 32.1 Å². The quantitative estimate of drug-likeness (QED) is 0.540. The summed E-state index contributed by atoms with van der Waals surface area (Å²) in [6, 6.07) is 8.16. The second-order valence-corrected chi connectivity index (χ2v) is 8.40. The SMILES string of the molecule is COc1ccc(-c2noc(CSc3nnc(N4CCCCC4)n3C3CC3)n2)cc1. The first-order chi connectivity index (χ1) is 14.3. The van der Waals surface area contributed by atoms with E-state index in [9.17, 15) is 0 Å². The highest BCUT2D eigenvalue weighted by molar-refractivity contribution is 7.98. The molecule has 0 atom stereocenters. The molecule has 0 N–H and O–H groups in total. The highest BCUT2D eigenvalue weighted by Gasteiger charge is 2.32. The van der Waals surface area contributed by atoms with Crippen LogP contribution in [0.25, 0.3) is 11.4 Å². The first kappa shape index (κ1) is 18.5. The van der Waals surface area contributed by atoms with E-state index in [1.54, 1.807) is 18.9 Å². The summed E-state index contributed by atoms with van der Waals surface area (Å²) in [5, 5.41) is 14.1. The van der Waals surface area contributed by atoms with Gasteiger partial charge in [0.2, 0.25) is 17.7 Å². The lowest BCUT2D eigenvalue weighted by molar-refractivity contribution is 0.391. The molecule has 0 amide bonds. The molecule has 1 saturated carbocycles. The largest absolute Gasteiger partial charge is 0.497 e. The third kappa shape index (κ3) is 3.96. The molecule has 1 aromatic carbocycles. The van der Waals surface area contributed by atoms with Crippen LogP contribution < -0.4 is 9.64 Å². The molecule has 1 saturated heterocycles.